The molecule has 4 heteroatoms. The zero-order valence-corrected chi connectivity index (χ0v) is 9.28. The van der Waals surface area contributed by atoms with Gasteiger partial charge in [0, 0.05) is 18.6 Å². The standard InChI is InChI=1S/C11H20N2O2/c1-8-6-13(9-4-2-3-5-9)10(7-14)11(15)12-8/h8-10,14H,2-7H2,1H3,(H,12,15). The van der Waals surface area contributed by atoms with E-state index in [0.29, 0.717) is 6.04 Å². The summed E-state index contributed by atoms with van der Waals surface area (Å²) in [5, 5.41) is 12.2. The predicted molar refractivity (Wildman–Crippen MR) is 57.4 cm³/mol. The van der Waals surface area contributed by atoms with E-state index in [1.807, 2.05) is 6.92 Å². The molecule has 2 fully saturated rings. The van der Waals surface area contributed by atoms with Crippen molar-refractivity contribution in [2.75, 3.05) is 13.2 Å². The van der Waals surface area contributed by atoms with Crippen molar-refractivity contribution in [3.63, 3.8) is 0 Å². The van der Waals surface area contributed by atoms with Crippen LogP contribution in [0.5, 0.6) is 0 Å². The third-order valence-corrected chi connectivity index (χ3v) is 3.54. The summed E-state index contributed by atoms with van der Waals surface area (Å²) >= 11 is 0. The first-order valence-corrected chi connectivity index (χ1v) is 5.89. The molecule has 1 aliphatic heterocycles. The average molecular weight is 212 g/mol. The maximum absolute atomic E-state index is 11.7. The highest BCUT2D eigenvalue weighted by atomic mass is 16.3. The van der Waals surface area contributed by atoms with E-state index in [2.05, 4.69) is 10.2 Å². The molecular formula is C11H20N2O2. The molecule has 2 atom stereocenters. The fourth-order valence-corrected chi connectivity index (χ4v) is 2.81. The van der Waals surface area contributed by atoms with Gasteiger partial charge >= 0.3 is 0 Å². The summed E-state index contributed by atoms with van der Waals surface area (Å²) in [5.41, 5.74) is 0. The van der Waals surface area contributed by atoms with E-state index in [4.69, 9.17) is 0 Å². The van der Waals surface area contributed by atoms with Crippen molar-refractivity contribution >= 4 is 5.91 Å². The number of nitrogens with one attached hydrogen (secondary N) is 1. The first-order chi connectivity index (χ1) is 7.22. The van der Waals surface area contributed by atoms with Gasteiger partial charge in [0.05, 0.1) is 6.61 Å². The molecule has 0 bridgehead atoms. The Bertz CT molecular complexity index is 239. The topological polar surface area (TPSA) is 52.6 Å². The van der Waals surface area contributed by atoms with Gasteiger partial charge in [0.25, 0.3) is 0 Å². The van der Waals surface area contributed by atoms with Gasteiger partial charge in [0.2, 0.25) is 5.91 Å². The Morgan fingerprint density at radius 1 is 1.47 bits per heavy atom. The van der Waals surface area contributed by atoms with Gasteiger partial charge in [-0.25, -0.2) is 0 Å². The number of rotatable bonds is 2. The van der Waals surface area contributed by atoms with E-state index >= 15 is 0 Å². The number of hydrogen-bond acceptors (Lipinski definition) is 3. The lowest BCUT2D eigenvalue weighted by Gasteiger charge is -2.41. The van der Waals surface area contributed by atoms with Crippen LogP contribution in [0.4, 0.5) is 0 Å². The van der Waals surface area contributed by atoms with Crippen molar-refractivity contribution in [3.05, 3.63) is 0 Å². The SMILES string of the molecule is CC1CN(C2CCCC2)C(CO)C(=O)N1. The molecular weight excluding hydrogens is 192 g/mol. The molecule has 0 aromatic heterocycles. The minimum atomic E-state index is -0.315. The highest BCUT2D eigenvalue weighted by Crippen LogP contribution is 2.26. The van der Waals surface area contributed by atoms with Crippen LogP contribution in [-0.4, -0.2) is 47.2 Å². The number of amides is 1. The molecule has 2 N–H and O–H groups in total. The van der Waals surface area contributed by atoms with E-state index in [-0.39, 0.29) is 24.6 Å². The number of carbonyl (C=O) groups is 1. The Hall–Kier alpha value is -0.610. The molecule has 1 aliphatic carbocycles. The third kappa shape index (κ3) is 2.16. The molecule has 2 aliphatic rings. The fourth-order valence-electron chi connectivity index (χ4n) is 2.81. The molecule has 2 unspecified atom stereocenters. The Morgan fingerprint density at radius 3 is 2.73 bits per heavy atom. The van der Waals surface area contributed by atoms with Gasteiger partial charge < -0.3 is 10.4 Å². The Balaban J connectivity index is 2.07. The number of carbonyl (C=O) groups excluding carboxylic acids is 1. The summed E-state index contributed by atoms with van der Waals surface area (Å²) in [6.45, 7) is 2.84. The summed E-state index contributed by atoms with van der Waals surface area (Å²) in [7, 11) is 0. The minimum Gasteiger partial charge on any atom is -0.394 e. The Morgan fingerprint density at radius 2 is 2.13 bits per heavy atom. The smallest absolute Gasteiger partial charge is 0.240 e. The normalized spacial score (nSPS) is 34.4. The van der Waals surface area contributed by atoms with Gasteiger partial charge in [-0.2, -0.15) is 0 Å². The van der Waals surface area contributed by atoms with Crippen molar-refractivity contribution in [1.82, 2.24) is 10.2 Å². The molecule has 1 heterocycles. The number of piperazine rings is 1. The van der Waals surface area contributed by atoms with Gasteiger partial charge in [-0.3, -0.25) is 9.69 Å². The van der Waals surface area contributed by atoms with E-state index in [1.54, 1.807) is 0 Å². The average Bonchev–Trinajstić information content (AvgIpc) is 2.69. The second-order valence-electron chi connectivity index (χ2n) is 4.74. The summed E-state index contributed by atoms with van der Waals surface area (Å²) in [6.07, 6.45) is 4.87. The minimum absolute atomic E-state index is 0.0110. The van der Waals surface area contributed by atoms with E-state index in [1.165, 1.54) is 25.7 Å². The van der Waals surface area contributed by atoms with E-state index in [0.717, 1.165) is 6.54 Å². The second kappa shape index (κ2) is 4.49. The third-order valence-electron chi connectivity index (χ3n) is 3.54. The number of aliphatic hydroxyl groups is 1. The highest BCUT2D eigenvalue weighted by molar-refractivity contribution is 5.83. The van der Waals surface area contributed by atoms with Gasteiger partial charge in [-0.05, 0) is 19.8 Å². The Kier molecular flexibility index (Phi) is 3.26. The second-order valence-corrected chi connectivity index (χ2v) is 4.74. The number of aliphatic hydroxyl groups excluding tert-OH is 1. The maximum atomic E-state index is 11.7. The summed E-state index contributed by atoms with van der Waals surface area (Å²) in [5.74, 6) is -0.0110. The van der Waals surface area contributed by atoms with Crippen LogP contribution >= 0.6 is 0 Å². The molecule has 1 saturated carbocycles. The molecule has 0 aromatic rings. The van der Waals surface area contributed by atoms with Crippen molar-refractivity contribution in [3.8, 4) is 0 Å². The van der Waals surface area contributed by atoms with Gasteiger partial charge in [0.1, 0.15) is 6.04 Å². The molecule has 2 rings (SSSR count). The lowest BCUT2D eigenvalue weighted by Crippen LogP contribution is -2.62. The fraction of sp³-hybridized carbons (Fsp3) is 0.909. The lowest BCUT2D eigenvalue weighted by atomic mass is 10.1. The monoisotopic (exact) mass is 212 g/mol. The van der Waals surface area contributed by atoms with Crippen LogP contribution in [0.3, 0.4) is 0 Å². The van der Waals surface area contributed by atoms with Gasteiger partial charge in [-0.1, -0.05) is 12.8 Å². The molecule has 0 radical (unpaired) electrons. The summed E-state index contributed by atoms with van der Waals surface area (Å²) < 4.78 is 0. The quantitative estimate of drug-likeness (QED) is 0.683. The molecule has 0 spiro atoms. The summed E-state index contributed by atoms with van der Waals surface area (Å²) in [4.78, 5) is 13.9. The molecule has 0 aromatic carbocycles. The van der Waals surface area contributed by atoms with Crippen LogP contribution < -0.4 is 5.32 Å². The van der Waals surface area contributed by atoms with Crippen molar-refractivity contribution < 1.29 is 9.90 Å². The number of nitrogens with zero attached hydrogens (tertiary/aromatic N) is 1. The first kappa shape index (κ1) is 10.9. The Labute approximate surface area is 90.6 Å². The van der Waals surface area contributed by atoms with Crippen LogP contribution in [0.25, 0.3) is 0 Å². The van der Waals surface area contributed by atoms with Crippen LogP contribution in [0, 0.1) is 0 Å². The van der Waals surface area contributed by atoms with Crippen molar-refractivity contribution in [2.24, 2.45) is 0 Å². The van der Waals surface area contributed by atoms with E-state index < -0.39 is 0 Å². The predicted octanol–water partition coefficient (Wildman–Crippen LogP) is 0.110. The molecule has 1 amide bonds. The zero-order chi connectivity index (χ0) is 10.8. The van der Waals surface area contributed by atoms with E-state index in [9.17, 15) is 9.90 Å². The van der Waals surface area contributed by atoms with Crippen LogP contribution in [-0.2, 0) is 4.79 Å². The van der Waals surface area contributed by atoms with Crippen LogP contribution in [0.15, 0.2) is 0 Å². The van der Waals surface area contributed by atoms with Crippen LogP contribution in [0.1, 0.15) is 32.6 Å². The first-order valence-electron chi connectivity index (χ1n) is 5.89. The van der Waals surface area contributed by atoms with Crippen molar-refractivity contribution in [1.29, 1.82) is 0 Å². The summed E-state index contributed by atoms with van der Waals surface area (Å²) in [6, 6.07) is 0.404. The van der Waals surface area contributed by atoms with Crippen LogP contribution in [0.2, 0.25) is 0 Å². The van der Waals surface area contributed by atoms with Gasteiger partial charge in [-0.15, -0.1) is 0 Å². The maximum Gasteiger partial charge on any atom is 0.240 e. The zero-order valence-electron chi connectivity index (χ0n) is 9.28. The molecule has 15 heavy (non-hydrogen) atoms. The molecule has 1 saturated heterocycles. The highest BCUT2D eigenvalue weighted by Gasteiger charge is 2.37. The van der Waals surface area contributed by atoms with Gasteiger partial charge in [0.15, 0.2) is 0 Å². The number of hydrogen-bond donors (Lipinski definition) is 2. The molecule has 86 valence electrons. The molecule has 4 nitrogen and oxygen atoms in total. The largest absolute Gasteiger partial charge is 0.394 e. The van der Waals surface area contributed by atoms with Crippen molar-refractivity contribution in [2.45, 2.75) is 50.7 Å². The lowest BCUT2D eigenvalue weighted by molar-refractivity contribution is -0.133.